The van der Waals surface area contributed by atoms with Gasteiger partial charge in [0.1, 0.15) is 6.04 Å². The maximum Gasteiger partial charge on any atom is 0.318 e. The lowest BCUT2D eigenvalue weighted by Crippen LogP contribution is -2.38. The molecule has 1 atom stereocenters. The first-order valence-corrected chi connectivity index (χ1v) is 9.04. The predicted octanol–water partition coefficient (Wildman–Crippen LogP) is 3.05. The van der Waals surface area contributed by atoms with Crippen LogP contribution in [0, 0.1) is 0 Å². The van der Waals surface area contributed by atoms with E-state index in [2.05, 4.69) is 51.4 Å². The largest absolute Gasteiger partial charge is 0.337 e. The first-order valence-electron chi connectivity index (χ1n) is 9.04. The second-order valence-electron chi connectivity index (χ2n) is 7.75. The number of rotatable bonds is 5. The smallest absolute Gasteiger partial charge is 0.318 e. The van der Waals surface area contributed by atoms with Crippen molar-refractivity contribution in [2.24, 2.45) is 0 Å². The molecule has 148 valence electrons. The number of hydrogen-bond donors (Lipinski definition) is 2. The van der Waals surface area contributed by atoms with Crippen LogP contribution in [0.4, 0.5) is 4.79 Å². The number of urea groups is 1. The summed E-state index contributed by atoms with van der Waals surface area (Å²) >= 11 is 0. The summed E-state index contributed by atoms with van der Waals surface area (Å²) in [7, 11) is 1.72. The quantitative estimate of drug-likeness (QED) is 0.700. The Labute approximate surface area is 163 Å². The Balaban J connectivity index is 1.59. The number of aromatic nitrogens is 5. The number of carbonyl (C=O) groups excluding carboxylic acids is 1. The number of hydrogen-bond acceptors (Lipinski definition) is 6. The number of amides is 2. The topological polar surface area (TPSA) is 113 Å². The Morgan fingerprint density at radius 3 is 2.82 bits per heavy atom. The number of pyridine rings is 1. The molecule has 3 rings (SSSR count). The maximum absolute atomic E-state index is 12.5. The van der Waals surface area contributed by atoms with Crippen molar-refractivity contribution >= 4 is 6.03 Å². The average molecular weight is 383 g/mol. The molecule has 0 aliphatic heterocycles. The molecule has 0 bridgehead atoms. The lowest BCUT2D eigenvalue weighted by Gasteiger charge is -2.19. The fourth-order valence-electron chi connectivity index (χ4n) is 2.53. The second kappa shape index (κ2) is 7.79. The van der Waals surface area contributed by atoms with E-state index in [9.17, 15) is 4.79 Å². The summed E-state index contributed by atoms with van der Waals surface area (Å²) in [5.41, 5.74) is 2.53. The molecule has 3 aromatic rings. The maximum atomic E-state index is 12.5. The molecule has 9 heteroatoms. The third-order valence-corrected chi connectivity index (χ3v) is 4.23. The minimum absolute atomic E-state index is 0.0476. The molecule has 2 N–H and O–H groups in total. The highest BCUT2D eigenvalue weighted by Crippen LogP contribution is 2.21. The van der Waals surface area contributed by atoms with E-state index in [0.717, 1.165) is 17.0 Å². The molecule has 0 spiro atoms. The molecule has 0 aromatic carbocycles. The zero-order valence-corrected chi connectivity index (χ0v) is 16.7. The van der Waals surface area contributed by atoms with Crippen LogP contribution < -0.4 is 5.32 Å². The first kappa shape index (κ1) is 19.5. The molecule has 0 saturated carbocycles. The van der Waals surface area contributed by atoms with Crippen LogP contribution in [0.25, 0.3) is 11.4 Å². The van der Waals surface area contributed by atoms with Crippen LogP contribution in [0.3, 0.4) is 0 Å². The molecule has 0 aliphatic carbocycles. The lowest BCUT2D eigenvalue weighted by molar-refractivity contribution is 0.200. The fraction of sp³-hybridized carbons (Fsp3) is 0.421. The van der Waals surface area contributed by atoms with Crippen molar-refractivity contribution in [3.8, 4) is 11.4 Å². The van der Waals surface area contributed by atoms with Gasteiger partial charge in [-0.3, -0.25) is 10.1 Å². The highest BCUT2D eigenvalue weighted by molar-refractivity contribution is 5.74. The molecule has 0 unspecified atom stereocenters. The fourth-order valence-corrected chi connectivity index (χ4v) is 2.53. The Morgan fingerprint density at radius 2 is 2.18 bits per heavy atom. The molecular formula is C19H25N7O2. The summed E-state index contributed by atoms with van der Waals surface area (Å²) in [5.74, 6) is 0.766. The van der Waals surface area contributed by atoms with Crippen LogP contribution in [-0.2, 0) is 12.0 Å². The summed E-state index contributed by atoms with van der Waals surface area (Å²) in [6, 6.07) is 4.94. The summed E-state index contributed by atoms with van der Waals surface area (Å²) in [5, 5.41) is 14.1. The van der Waals surface area contributed by atoms with Gasteiger partial charge in [0.05, 0.1) is 17.9 Å². The van der Waals surface area contributed by atoms with Gasteiger partial charge in [-0.05, 0) is 25.1 Å². The van der Waals surface area contributed by atoms with E-state index in [4.69, 9.17) is 4.52 Å². The number of H-pyrrole nitrogens is 1. The molecule has 2 amide bonds. The summed E-state index contributed by atoms with van der Waals surface area (Å²) in [6.07, 6.45) is 3.33. The van der Waals surface area contributed by atoms with Crippen LogP contribution >= 0.6 is 0 Å². The van der Waals surface area contributed by atoms with Crippen LogP contribution in [0.1, 0.15) is 51.0 Å². The zero-order chi connectivity index (χ0) is 20.3. The van der Waals surface area contributed by atoms with E-state index in [1.807, 2.05) is 12.1 Å². The van der Waals surface area contributed by atoms with Crippen molar-refractivity contribution in [3.63, 3.8) is 0 Å². The number of carbonyl (C=O) groups is 1. The molecule has 28 heavy (non-hydrogen) atoms. The van der Waals surface area contributed by atoms with Crippen molar-refractivity contribution in [1.82, 2.24) is 35.5 Å². The van der Waals surface area contributed by atoms with E-state index >= 15 is 0 Å². The van der Waals surface area contributed by atoms with Gasteiger partial charge in [0, 0.05) is 30.4 Å². The van der Waals surface area contributed by atoms with Gasteiger partial charge in [0.2, 0.25) is 11.7 Å². The average Bonchev–Trinajstić information content (AvgIpc) is 3.31. The SMILES string of the molecule is C[C@H](NC(=O)N(C)Cc1cc(C(C)(C)C)n[nH]1)c1nc(-c2cccnc2)no1. The van der Waals surface area contributed by atoms with Crippen LogP contribution in [0.5, 0.6) is 0 Å². The second-order valence-corrected chi connectivity index (χ2v) is 7.75. The summed E-state index contributed by atoms with van der Waals surface area (Å²) in [6.45, 7) is 8.48. The van der Waals surface area contributed by atoms with E-state index in [-0.39, 0.29) is 11.4 Å². The third kappa shape index (κ3) is 4.54. The molecule has 0 radical (unpaired) electrons. The molecular weight excluding hydrogens is 358 g/mol. The van der Waals surface area contributed by atoms with Gasteiger partial charge in [0.25, 0.3) is 0 Å². The highest BCUT2D eigenvalue weighted by Gasteiger charge is 2.21. The molecule has 3 aromatic heterocycles. The Morgan fingerprint density at radius 1 is 1.39 bits per heavy atom. The standard InChI is InChI=1S/C19H25N7O2/c1-12(17-22-16(25-28-17)13-7-6-8-20-10-13)21-18(27)26(5)11-14-9-15(24-23-14)19(2,3)4/h6-10,12H,11H2,1-5H3,(H,21,27)(H,23,24)/t12-/m0/s1. The Hall–Kier alpha value is -3.23. The zero-order valence-electron chi connectivity index (χ0n) is 16.7. The van der Waals surface area contributed by atoms with Crippen LogP contribution in [0.2, 0.25) is 0 Å². The van der Waals surface area contributed by atoms with E-state index in [1.165, 1.54) is 0 Å². The highest BCUT2D eigenvalue weighted by atomic mass is 16.5. The number of aromatic amines is 1. The minimum Gasteiger partial charge on any atom is -0.337 e. The van der Waals surface area contributed by atoms with Gasteiger partial charge < -0.3 is 14.7 Å². The minimum atomic E-state index is -0.431. The van der Waals surface area contributed by atoms with E-state index in [0.29, 0.717) is 18.3 Å². The number of nitrogens with zero attached hydrogens (tertiary/aromatic N) is 5. The summed E-state index contributed by atoms with van der Waals surface area (Å²) in [4.78, 5) is 22.4. The normalized spacial score (nSPS) is 12.6. The van der Waals surface area contributed by atoms with Crippen LogP contribution in [0.15, 0.2) is 35.1 Å². The molecule has 0 fully saturated rings. The molecule has 3 heterocycles. The monoisotopic (exact) mass is 383 g/mol. The molecule has 0 aliphatic rings. The van der Waals surface area contributed by atoms with E-state index < -0.39 is 6.04 Å². The first-order chi connectivity index (χ1) is 13.2. The van der Waals surface area contributed by atoms with Gasteiger partial charge in [-0.25, -0.2) is 4.79 Å². The predicted molar refractivity (Wildman–Crippen MR) is 103 cm³/mol. The van der Waals surface area contributed by atoms with E-state index in [1.54, 1.807) is 37.3 Å². The third-order valence-electron chi connectivity index (χ3n) is 4.23. The number of nitrogens with one attached hydrogen (secondary N) is 2. The van der Waals surface area contributed by atoms with Crippen molar-refractivity contribution in [2.75, 3.05) is 7.05 Å². The van der Waals surface area contributed by atoms with Gasteiger partial charge in [-0.1, -0.05) is 25.9 Å². The Bertz CT molecular complexity index is 927. The van der Waals surface area contributed by atoms with Crippen LogP contribution in [-0.4, -0.2) is 43.3 Å². The van der Waals surface area contributed by atoms with Gasteiger partial charge in [-0.2, -0.15) is 10.1 Å². The molecule has 9 nitrogen and oxygen atoms in total. The van der Waals surface area contributed by atoms with Gasteiger partial charge >= 0.3 is 6.03 Å². The molecule has 0 saturated heterocycles. The summed E-state index contributed by atoms with van der Waals surface area (Å²) < 4.78 is 5.28. The van der Waals surface area contributed by atoms with Gasteiger partial charge in [-0.15, -0.1) is 0 Å². The van der Waals surface area contributed by atoms with Crippen molar-refractivity contribution < 1.29 is 9.32 Å². The van der Waals surface area contributed by atoms with Gasteiger partial charge in [0.15, 0.2) is 0 Å². The lowest BCUT2D eigenvalue weighted by atomic mass is 9.92. The van der Waals surface area contributed by atoms with Crippen molar-refractivity contribution in [1.29, 1.82) is 0 Å². The van der Waals surface area contributed by atoms with Crippen molar-refractivity contribution in [2.45, 2.75) is 45.7 Å². The Kier molecular flexibility index (Phi) is 5.43. The van der Waals surface area contributed by atoms with Crippen molar-refractivity contribution in [3.05, 3.63) is 47.9 Å².